The maximum atomic E-state index is 12.7. The van der Waals surface area contributed by atoms with E-state index in [9.17, 15) is 19.0 Å². The lowest BCUT2D eigenvalue weighted by Crippen LogP contribution is -2.37. The number of hydrogen-bond donors (Lipinski definition) is 0. The molecule has 0 aromatic carbocycles. The highest BCUT2D eigenvalue weighted by Gasteiger charge is 2.21. The van der Waals surface area contributed by atoms with Crippen molar-refractivity contribution in [3.63, 3.8) is 0 Å². The summed E-state index contributed by atoms with van der Waals surface area (Å²) < 4.78 is 34.0. The van der Waals surface area contributed by atoms with Crippen LogP contribution in [-0.2, 0) is 32.7 Å². The molecule has 9 nitrogen and oxygen atoms in total. The molecule has 0 heterocycles. The zero-order valence-corrected chi connectivity index (χ0v) is 40.7. The normalized spacial score (nSPS) is 14.0. The molecule has 0 fully saturated rings. The van der Waals surface area contributed by atoms with Gasteiger partial charge in [0.05, 0.1) is 27.7 Å². The monoisotopic (exact) mass is 878 g/mol. The Balaban J connectivity index is 4.35. The van der Waals surface area contributed by atoms with E-state index >= 15 is 0 Å². The molecule has 354 valence electrons. The number of nitrogens with zero attached hydrogens (tertiary/aromatic N) is 1. The van der Waals surface area contributed by atoms with Crippen LogP contribution in [-0.4, -0.2) is 70.0 Å². The van der Waals surface area contributed by atoms with Gasteiger partial charge in [0.2, 0.25) is 0 Å². The van der Waals surface area contributed by atoms with Crippen LogP contribution in [0.4, 0.5) is 0 Å². The molecular weight excluding hydrogens is 786 g/mol. The molecule has 0 aliphatic rings. The van der Waals surface area contributed by atoms with Crippen LogP contribution in [0.1, 0.15) is 200 Å². The minimum atomic E-state index is -4.64. The third-order valence-electron chi connectivity index (χ3n) is 10.3. The Morgan fingerprint density at radius 1 is 0.525 bits per heavy atom. The number of quaternary nitrogens is 1. The highest BCUT2D eigenvalue weighted by Crippen LogP contribution is 2.38. The molecule has 0 aliphatic heterocycles. The number of carbonyl (C=O) groups excluding carboxylic acids is 2. The van der Waals surface area contributed by atoms with E-state index in [1.807, 2.05) is 21.1 Å². The van der Waals surface area contributed by atoms with Crippen LogP contribution < -0.4 is 4.89 Å². The maximum absolute atomic E-state index is 12.7. The van der Waals surface area contributed by atoms with Crippen molar-refractivity contribution in [1.82, 2.24) is 0 Å². The Morgan fingerprint density at radius 2 is 0.934 bits per heavy atom. The van der Waals surface area contributed by atoms with Gasteiger partial charge in [-0.2, -0.15) is 0 Å². The lowest BCUT2D eigenvalue weighted by molar-refractivity contribution is -0.870. The molecule has 0 saturated carbocycles. The van der Waals surface area contributed by atoms with E-state index in [1.54, 1.807) is 0 Å². The number of phosphoric acid groups is 1. The average molecular weight is 878 g/mol. The Hall–Kier alpha value is -2.29. The summed E-state index contributed by atoms with van der Waals surface area (Å²) in [5, 5.41) is 0. The summed E-state index contributed by atoms with van der Waals surface area (Å²) in [6.45, 7) is 4.09. The van der Waals surface area contributed by atoms with Gasteiger partial charge in [-0.05, 0) is 57.8 Å². The van der Waals surface area contributed by atoms with E-state index in [2.05, 4.69) is 74.6 Å². The second-order valence-electron chi connectivity index (χ2n) is 17.5. The Kier molecular flexibility index (Phi) is 41.4. The number of allylic oxidation sites excluding steroid dienone is 10. The molecule has 0 bridgehead atoms. The van der Waals surface area contributed by atoms with Crippen LogP contribution >= 0.6 is 7.82 Å². The van der Waals surface area contributed by atoms with Crippen molar-refractivity contribution >= 4 is 19.8 Å². The number of rotatable bonds is 44. The Labute approximate surface area is 375 Å². The van der Waals surface area contributed by atoms with Crippen LogP contribution in [0.15, 0.2) is 60.8 Å². The Bertz CT molecular complexity index is 1220. The molecule has 0 saturated heterocycles. The molecule has 61 heavy (non-hydrogen) atoms. The van der Waals surface area contributed by atoms with Crippen molar-refractivity contribution in [2.75, 3.05) is 47.5 Å². The molecule has 0 N–H and O–H groups in total. The smallest absolute Gasteiger partial charge is 0.306 e. The van der Waals surface area contributed by atoms with Gasteiger partial charge >= 0.3 is 11.9 Å². The number of ether oxygens (including phenoxy) is 2. The quantitative estimate of drug-likeness (QED) is 0.0196. The number of phosphoric ester groups is 1. The van der Waals surface area contributed by atoms with Crippen LogP contribution in [0.3, 0.4) is 0 Å². The van der Waals surface area contributed by atoms with Gasteiger partial charge in [0.25, 0.3) is 7.82 Å². The van der Waals surface area contributed by atoms with Crippen LogP contribution in [0.25, 0.3) is 0 Å². The molecular formula is C51H92NO8P. The molecule has 2 atom stereocenters. The SMILES string of the molecule is CC/C=C\C/C=C\C/C=C\C/C=C\C/C=C\CCCCCC(=O)OC(COC(=O)CCCCCCCCCCCCCCCCCCCC)COP(=O)([O-])OCC[N+](C)(C)C. The number of esters is 2. The summed E-state index contributed by atoms with van der Waals surface area (Å²) in [6.07, 6.45) is 52.5. The van der Waals surface area contributed by atoms with Gasteiger partial charge in [-0.1, -0.05) is 190 Å². The van der Waals surface area contributed by atoms with Crippen molar-refractivity contribution in [3.8, 4) is 0 Å². The highest BCUT2D eigenvalue weighted by atomic mass is 31.2. The molecule has 0 radical (unpaired) electrons. The van der Waals surface area contributed by atoms with Crippen molar-refractivity contribution in [3.05, 3.63) is 60.8 Å². The number of likely N-dealkylation sites (N-methyl/N-ethyl adjacent to an activating group) is 1. The second-order valence-corrected chi connectivity index (χ2v) is 18.9. The number of hydrogen-bond acceptors (Lipinski definition) is 8. The van der Waals surface area contributed by atoms with E-state index in [0.29, 0.717) is 17.4 Å². The summed E-state index contributed by atoms with van der Waals surface area (Å²) >= 11 is 0. The lowest BCUT2D eigenvalue weighted by atomic mass is 10.0. The molecule has 10 heteroatoms. The van der Waals surface area contributed by atoms with Crippen LogP contribution in [0.5, 0.6) is 0 Å². The van der Waals surface area contributed by atoms with Crippen molar-refractivity contribution in [2.45, 2.75) is 206 Å². The van der Waals surface area contributed by atoms with E-state index in [-0.39, 0.29) is 26.1 Å². The average Bonchev–Trinajstić information content (AvgIpc) is 3.21. The first-order valence-corrected chi connectivity index (χ1v) is 26.0. The first-order valence-electron chi connectivity index (χ1n) is 24.5. The molecule has 2 unspecified atom stereocenters. The predicted octanol–water partition coefficient (Wildman–Crippen LogP) is 13.8. The van der Waals surface area contributed by atoms with Crippen molar-refractivity contribution < 1.29 is 42.1 Å². The summed E-state index contributed by atoms with van der Waals surface area (Å²) in [5.41, 5.74) is 0. The summed E-state index contributed by atoms with van der Waals surface area (Å²) in [6, 6.07) is 0. The maximum Gasteiger partial charge on any atom is 0.306 e. The Morgan fingerprint density at radius 3 is 1.39 bits per heavy atom. The van der Waals surface area contributed by atoms with Gasteiger partial charge in [-0.3, -0.25) is 14.2 Å². The largest absolute Gasteiger partial charge is 0.756 e. The van der Waals surface area contributed by atoms with Gasteiger partial charge in [-0.25, -0.2) is 0 Å². The third-order valence-corrected chi connectivity index (χ3v) is 11.3. The molecule has 0 aliphatic carbocycles. The fraction of sp³-hybridized carbons (Fsp3) is 0.765. The van der Waals surface area contributed by atoms with Gasteiger partial charge in [0.15, 0.2) is 6.10 Å². The van der Waals surface area contributed by atoms with E-state index < -0.39 is 32.5 Å². The standard InChI is InChI=1S/C51H92NO8P/c1-6-8-10-12-14-16-18-20-22-24-26-28-30-32-34-36-38-40-42-44-51(54)60-49(48-59-61(55,56)58-46-45-52(3,4)5)47-57-50(53)43-41-39-37-35-33-31-29-27-25-23-21-19-17-15-13-11-9-7-2/h8,10,14,16,20,22,26,28,32,34,49H,6-7,9,11-13,15,17-19,21,23-25,27,29-31,33,35-48H2,1-5H3/b10-8-,16-14-,22-20-,28-26-,34-32-. The topological polar surface area (TPSA) is 111 Å². The van der Waals surface area contributed by atoms with E-state index in [0.717, 1.165) is 70.6 Å². The third kappa shape index (κ3) is 47.0. The molecule has 0 aromatic rings. The summed E-state index contributed by atoms with van der Waals surface area (Å²) in [5.74, 6) is -0.869. The molecule has 0 spiro atoms. The van der Waals surface area contributed by atoms with E-state index in [1.165, 1.54) is 96.3 Å². The second kappa shape index (κ2) is 43.0. The summed E-state index contributed by atoms with van der Waals surface area (Å²) in [7, 11) is 1.14. The van der Waals surface area contributed by atoms with E-state index in [4.69, 9.17) is 18.5 Å². The molecule has 0 rings (SSSR count). The first-order chi connectivity index (χ1) is 29.5. The number of unbranched alkanes of at least 4 members (excludes halogenated alkanes) is 20. The van der Waals surface area contributed by atoms with Crippen molar-refractivity contribution in [1.29, 1.82) is 0 Å². The minimum Gasteiger partial charge on any atom is -0.756 e. The lowest BCUT2D eigenvalue weighted by Gasteiger charge is -2.28. The minimum absolute atomic E-state index is 0.0389. The van der Waals surface area contributed by atoms with Crippen LogP contribution in [0, 0.1) is 0 Å². The summed E-state index contributed by atoms with van der Waals surface area (Å²) in [4.78, 5) is 37.7. The fourth-order valence-electron chi connectivity index (χ4n) is 6.51. The predicted molar refractivity (Wildman–Crippen MR) is 254 cm³/mol. The van der Waals surface area contributed by atoms with Gasteiger partial charge < -0.3 is 27.9 Å². The zero-order chi connectivity index (χ0) is 45.0. The first kappa shape index (κ1) is 58.7. The fourth-order valence-corrected chi connectivity index (χ4v) is 7.23. The highest BCUT2D eigenvalue weighted by molar-refractivity contribution is 7.45. The van der Waals surface area contributed by atoms with Crippen LogP contribution in [0.2, 0.25) is 0 Å². The molecule has 0 aromatic heterocycles. The molecule has 0 amide bonds. The van der Waals surface area contributed by atoms with Gasteiger partial charge in [-0.15, -0.1) is 0 Å². The van der Waals surface area contributed by atoms with Crippen molar-refractivity contribution in [2.24, 2.45) is 0 Å². The number of carbonyl (C=O) groups is 2. The van der Waals surface area contributed by atoms with Gasteiger partial charge in [0.1, 0.15) is 19.8 Å². The van der Waals surface area contributed by atoms with Gasteiger partial charge in [0, 0.05) is 12.8 Å². The zero-order valence-electron chi connectivity index (χ0n) is 39.8.